The van der Waals surface area contributed by atoms with Crippen LogP contribution in [-0.4, -0.2) is 40.1 Å². The van der Waals surface area contributed by atoms with E-state index in [9.17, 15) is 4.79 Å². The summed E-state index contributed by atoms with van der Waals surface area (Å²) < 4.78 is 5.51. The molecule has 1 heterocycles. The van der Waals surface area contributed by atoms with Gasteiger partial charge in [-0.15, -0.1) is 0 Å². The molecular weight excluding hydrogens is 268 g/mol. The average Bonchev–Trinajstić information content (AvgIpc) is 2.55. The molecule has 1 aliphatic carbocycles. The minimum Gasteiger partial charge on any atom is -0.482 e. The van der Waals surface area contributed by atoms with Crippen molar-refractivity contribution in [3.63, 3.8) is 0 Å². The van der Waals surface area contributed by atoms with E-state index in [1.54, 1.807) is 12.1 Å². The number of likely N-dealkylation sites (N-methyl/N-ethyl adjacent to an activating group) is 1. The lowest BCUT2D eigenvalue weighted by molar-refractivity contribution is -0.136. The molecule has 116 valence electrons. The summed E-state index contributed by atoms with van der Waals surface area (Å²) in [5.74, 6) is 0.593. The molecule has 2 rings (SSSR count). The first-order valence-electron chi connectivity index (χ1n) is 7.72. The van der Waals surface area contributed by atoms with Crippen molar-refractivity contribution in [3.05, 3.63) is 24.0 Å². The maximum Gasteiger partial charge on any atom is 0.260 e. The highest BCUT2D eigenvalue weighted by Crippen LogP contribution is 2.22. The molecule has 0 bridgehead atoms. The summed E-state index contributed by atoms with van der Waals surface area (Å²) in [4.78, 5) is 18.3. The number of aromatic nitrogens is 1. The summed E-state index contributed by atoms with van der Waals surface area (Å²) in [5, 5.41) is 8.93. The molecular formula is C16H24N2O3. The zero-order chi connectivity index (χ0) is 15.1. The summed E-state index contributed by atoms with van der Waals surface area (Å²) in [7, 11) is 0. The molecule has 1 N–H and O–H groups in total. The van der Waals surface area contributed by atoms with Crippen LogP contribution in [0, 0.1) is 0 Å². The summed E-state index contributed by atoms with van der Waals surface area (Å²) in [6, 6.07) is 3.79. The van der Waals surface area contributed by atoms with E-state index in [1.807, 2.05) is 11.8 Å². The Balaban J connectivity index is 1.86. The normalized spacial score (nSPS) is 15.7. The molecule has 1 aromatic rings. The number of ether oxygens (including phenoxy) is 1. The number of aliphatic hydroxyl groups is 1. The van der Waals surface area contributed by atoms with Gasteiger partial charge in [0, 0.05) is 12.6 Å². The first-order valence-corrected chi connectivity index (χ1v) is 7.72. The Morgan fingerprint density at radius 1 is 1.38 bits per heavy atom. The Labute approximate surface area is 125 Å². The Hall–Kier alpha value is -1.62. The Morgan fingerprint density at radius 2 is 2.14 bits per heavy atom. The van der Waals surface area contributed by atoms with Crippen molar-refractivity contribution in [1.29, 1.82) is 0 Å². The van der Waals surface area contributed by atoms with Crippen molar-refractivity contribution in [2.75, 3.05) is 13.2 Å². The van der Waals surface area contributed by atoms with E-state index in [1.165, 1.54) is 25.5 Å². The number of nitrogens with zero attached hydrogens (tertiary/aromatic N) is 2. The molecule has 0 saturated heterocycles. The third-order valence-corrected chi connectivity index (χ3v) is 4.00. The fourth-order valence-corrected chi connectivity index (χ4v) is 2.85. The van der Waals surface area contributed by atoms with Gasteiger partial charge in [0.15, 0.2) is 6.61 Å². The molecule has 0 radical (unpaired) electrons. The standard InChI is InChI=1S/C16H24N2O3/c1-2-18(14-6-4-3-5-7-14)16(20)12-21-15-9-8-13(11-19)17-10-15/h8-10,14,19H,2-7,11-12H2,1H3. The lowest BCUT2D eigenvalue weighted by atomic mass is 9.94. The van der Waals surface area contributed by atoms with Gasteiger partial charge in [-0.2, -0.15) is 0 Å². The minimum absolute atomic E-state index is 0.0376. The van der Waals surface area contributed by atoms with Gasteiger partial charge in [0.2, 0.25) is 0 Å². The van der Waals surface area contributed by atoms with Gasteiger partial charge in [-0.25, -0.2) is 0 Å². The van der Waals surface area contributed by atoms with Gasteiger partial charge in [0.25, 0.3) is 5.91 Å². The van der Waals surface area contributed by atoms with E-state index >= 15 is 0 Å². The maximum atomic E-state index is 12.3. The molecule has 0 atom stereocenters. The van der Waals surface area contributed by atoms with Gasteiger partial charge in [-0.05, 0) is 31.9 Å². The van der Waals surface area contributed by atoms with Crippen molar-refractivity contribution < 1.29 is 14.6 Å². The predicted octanol–water partition coefficient (Wildman–Crippen LogP) is 2.13. The van der Waals surface area contributed by atoms with Gasteiger partial charge in [0.05, 0.1) is 18.5 Å². The SMILES string of the molecule is CCN(C(=O)COc1ccc(CO)nc1)C1CCCCC1. The molecule has 21 heavy (non-hydrogen) atoms. The monoisotopic (exact) mass is 292 g/mol. The van der Waals surface area contributed by atoms with Crippen LogP contribution >= 0.6 is 0 Å². The lowest BCUT2D eigenvalue weighted by Crippen LogP contribution is -2.43. The zero-order valence-corrected chi connectivity index (χ0v) is 12.6. The third-order valence-electron chi connectivity index (χ3n) is 4.00. The van der Waals surface area contributed by atoms with Crippen LogP contribution in [0.25, 0.3) is 0 Å². The molecule has 5 nitrogen and oxygen atoms in total. The number of carbonyl (C=O) groups excluding carboxylic acids is 1. The third kappa shape index (κ3) is 4.43. The van der Waals surface area contributed by atoms with E-state index in [4.69, 9.17) is 9.84 Å². The van der Waals surface area contributed by atoms with Crippen molar-refractivity contribution in [3.8, 4) is 5.75 Å². The van der Waals surface area contributed by atoms with Crippen LogP contribution in [0.4, 0.5) is 0 Å². The van der Waals surface area contributed by atoms with E-state index in [2.05, 4.69) is 4.98 Å². The van der Waals surface area contributed by atoms with Crippen molar-refractivity contribution in [2.45, 2.75) is 51.7 Å². The second kappa shape index (κ2) is 7.98. The van der Waals surface area contributed by atoms with Crippen LogP contribution in [0.15, 0.2) is 18.3 Å². The van der Waals surface area contributed by atoms with E-state index in [0.717, 1.165) is 19.4 Å². The average molecular weight is 292 g/mol. The zero-order valence-electron chi connectivity index (χ0n) is 12.6. The van der Waals surface area contributed by atoms with E-state index in [-0.39, 0.29) is 19.1 Å². The fourth-order valence-electron chi connectivity index (χ4n) is 2.85. The lowest BCUT2D eigenvalue weighted by Gasteiger charge is -2.33. The smallest absolute Gasteiger partial charge is 0.260 e. The Bertz CT molecular complexity index is 441. The summed E-state index contributed by atoms with van der Waals surface area (Å²) >= 11 is 0. The van der Waals surface area contributed by atoms with Gasteiger partial charge in [-0.1, -0.05) is 19.3 Å². The second-order valence-corrected chi connectivity index (χ2v) is 5.40. The van der Waals surface area contributed by atoms with E-state index in [0.29, 0.717) is 17.5 Å². The van der Waals surface area contributed by atoms with Crippen molar-refractivity contribution in [1.82, 2.24) is 9.88 Å². The second-order valence-electron chi connectivity index (χ2n) is 5.40. The number of hydrogen-bond donors (Lipinski definition) is 1. The number of amides is 1. The van der Waals surface area contributed by atoms with Gasteiger partial charge < -0.3 is 14.7 Å². The molecule has 1 amide bonds. The molecule has 5 heteroatoms. The van der Waals surface area contributed by atoms with Gasteiger partial charge in [-0.3, -0.25) is 9.78 Å². The van der Waals surface area contributed by atoms with Crippen LogP contribution in [0.5, 0.6) is 5.75 Å². The molecule has 0 spiro atoms. The number of rotatable bonds is 6. The largest absolute Gasteiger partial charge is 0.482 e. The molecule has 0 aromatic carbocycles. The van der Waals surface area contributed by atoms with Crippen molar-refractivity contribution >= 4 is 5.91 Å². The Morgan fingerprint density at radius 3 is 2.71 bits per heavy atom. The quantitative estimate of drug-likeness (QED) is 0.872. The summed E-state index contributed by atoms with van der Waals surface area (Å²) in [5.41, 5.74) is 0.589. The van der Waals surface area contributed by atoms with Crippen molar-refractivity contribution in [2.24, 2.45) is 0 Å². The molecule has 1 fully saturated rings. The molecule has 1 aromatic heterocycles. The first kappa shape index (κ1) is 15.8. The topological polar surface area (TPSA) is 62.7 Å². The summed E-state index contributed by atoms with van der Waals surface area (Å²) in [6.07, 6.45) is 7.44. The first-order chi connectivity index (χ1) is 10.2. The molecule has 0 unspecified atom stereocenters. The molecule has 0 aliphatic heterocycles. The number of pyridine rings is 1. The van der Waals surface area contributed by atoms with Crippen LogP contribution in [0.3, 0.4) is 0 Å². The van der Waals surface area contributed by atoms with Crippen LogP contribution in [-0.2, 0) is 11.4 Å². The van der Waals surface area contributed by atoms with Crippen LogP contribution in [0.2, 0.25) is 0 Å². The Kier molecular flexibility index (Phi) is 5.99. The molecule has 1 aliphatic rings. The van der Waals surface area contributed by atoms with Crippen LogP contribution in [0.1, 0.15) is 44.7 Å². The highest BCUT2D eigenvalue weighted by atomic mass is 16.5. The van der Waals surface area contributed by atoms with Gasteiger partial charge >= 0.3 is 0 Å². The highest BCUT2D eigenvalue weighted by molar-refractivity contribution is 5.78. The number of hydrogen-bond acceptors (Lipinski definition) is 4. The molecule has 1 saturated carbocycles. The predicted molar refractivity (Wildman–Crippen MR) is 79.9 cm³/mol. The van der Waals surface area contributed by atoms with E-state index < -0.39 is 0 Å². The highest BCUT2D eigenvalue weighted by Gasteiger charge is 2.24. The van der Waals surface area contributed by atoms with Crippen LogP contribution < -0.4 is 4.74 Å². The van der Waals surface area contributed by atoms with Gasteiger partial charge in [0.1, 0.15) is 5.75 Å². The fraction of sp³-hybridized carbons (Fsp3) is 0.625. The number of carbonyl (C=O) groups is 1. The minimum atomic E-state index is -0.0928. The summed E-state index contributed by atoms with van der Waals surface area (Å²) in [6.45, 7) is 2.70. The maximum absolute atomic E-state index is 12.3. The number of aliphatic hydroxyl groups excluding tert-OH is 1.